The monoisotopic (exact) mass is 455 g/mol. The number of Topliss-reactive ketones (excluding diaryl/α,β-unsaturated/α-hetero) is 2. The molecule has 2 aliphatic heterocycles. The van der Waals surface area contributed by atoms with Crippen LogP contribution in [0.2, 0.25) is 0 Å². The van der Waals surface area contributed by atoms with Crippen LogP contribution in [0.4, 0.5) is 10.1 Å². The molecule has 3 aromatic rings. The molecule has 3 aromatic carbocycles. The molecule has 2 heterocycles. The number of imide groups is 1. The summed E-state index contributed by atoms with van der Waals surface area (Å²) < 4.78 is 19.8. The summed E-state index contributed by atoms with van der Waals surface area (Å²) in [7, 11) is 0. The zero-order valence-corrected chi connectivity index (χ0v) is 18.0. The van der Waals surface area contributed by atoms with Gasteiger partial charge in [-0.05, 0) is 36.2 Å². The molecule has 3 atom stereocenters. The van der Waals surface area contributed by atoms with Gasteiger partial charge in [0.1, 0.15) is 5.82 Å². The standard InChI is InChI=1S/C27H18FNO5/c1-14-6-2-5-9-19(14)29-25(32)20-21(26(29)33)27(34-22(20)15-10-12-16(28)13-11-15)23(30)17-7-3-4-8-18(17)24(27)31/h2-13,20-22H,1H3/t20-,21-,22-/m0/s1. The fourth-order valence-electron chi connectivity index (χ4n) is 5.52. The van der Waals surface area contributed by atoms with Crippen molar-refractivity contribution in [1.29, 1.82) is 0 Å². The molecular weight excluding hydrogens is 437 g/mol. The smallest absolute Gasteiger partial charge is 0.241 e. The minimum absolute atomic E-state index is 0.167. The second-order valence-corrected chi connectivity index (χ2v) is 8.83. The molecule has 1 aliphatic carbocycles. The van der Waals surface area contributed by atoms with E-state index in [4.69, 9.17) is 4.74 Å². The Balaban J connectivity index is 1.56. The zero-order chi connectivity index (χ0) is 23.8. The molecule has 2 fully saturated rings. The summed E-state index contributed by atoms with van der Waals surface area (Å²) in [6.07, 6.45) is -1.07. The van der Waals surface area contributed by atoms with Crippen LogP contribution in [0.1, 0.15) is 37.9 Å². The van der Waals surface area contributed by atoms with Gasteiger partial charge in [0, 0.05) is 11.1 Å². The summed E-state index contributed by atoms with van der Waals surface area (Å²) >= 11 is 0. The van der Waals surface area contributed by atoms with Crippen molar-refractivity contribution in [3.63, 3.8) is 0 Å². The molecule has 6 rings (SSSR count). The third-order valence-corrected chi connectivity index (χ3v) is 7.07. The quantitative estimate of drug-likeness (QED) is 0.433. The van der Waals surface area contributed by atoms with Crippen molar-refractivity contribution in [3.8, 4) is 0 Å². The van der Waals surface area contributed by atoms with E-state index in [9.17, 15) is 23.6 Å². The Morgan fingerprint density at radius 3 is 2.00 bits per heavy atom. The van der Waals surface area contributed by atoms with Crippen molar-refractivity contribution in [2.75, 3.05) is 4.90 Å². The molecule has 0 radical (unpaired) electrons. The first kappa shape index (κ1) is 20.6. The van der Waals surface area contributed by atoms with Crippen LogP contribution in [0.3, 0.4) is 0 Å². The predicted octanol–water partition coefficient (Wildman–Crippen LogP) is 3.83. The van der Waals surface area contributed by atoms with E-state index >= 15 is 0 Å². The van der Waals surface area contributed by atoms with Crippen LogP contribution >= 0.6 is 0 Å². The molecule has 168 valence electrons. The van der Waals surface area contributed by atoms with E-state index in [1.807, 2.05) is 0 Å². The Morgan fingerprint density at radius 1 is 0.794 bits per heavy atom. The summed E-state index contributed by atoms with van der Waals surface area (Å²) in [4.78, 5) is 56.0. The summed E-state index contributed by atoms with van der Waals surface area (Å²) in [5.74, 6) is -5.37. The molecule has 0 aromatic heterocycles. The van der Waals surface area contributed by atoms with Gasteiger partial charge >= 0.3 is 0 Å². The number of benzene rings is 3. The highest BCUT2D eigenvalue weighted by molar-refractivity contribution is 6.37. The van der Waals surface area contributed by atoms with Gasteiger partial charge in [-0.2, -0.15) is 0 Å². The second kappa shape index (κ2) is 7.01. The Hall–Kier alpha value is -3.97. The number of ether oxygens (including phenoxy) is 1. The van der Waals surface area contributed by atoms with Crippen molar-refractivity contribution < 1.29 is 28.3 Å². The number of halogens is 1. The van der Waals surface area contributed by atoms with Gasteiger partial charge in [-0.15, -0.1) is 0 Å². The van der Waals surface area contributed by atoms with Gasteiger partial charge in [0.25, 0.3) is 0 Å². The summed E-state index contributed by atoms with van der Waals surface area (Å²) in [5, 5.41) is 0. The fourth-order valence-corrected chi connectivity index (χ4v) is 5.52. The highest BCUT2D eigenvalue weighted by Crippen LogP contribution is 2.57. The Morgan fingerprint density at radius 2 is 1.38 bits per heavy atom. The van der Waals surface area contributed by atoms with Crippen LogP contribution in [-0.2, 0) is 14.3 Å². The SMILES string of the molecule is Cc1ccccc1N1C(=O)[C@H]2[C@@H](C1=O)C1(O[C@H]2c2ccc(F)cc2)C(=O)c2ccccc2C1=O. The first-order valence-corrected chi connectivity index (χ1v) is 10.9. The normalized spacial score (nSPS) is 24.8. The van der Waals surface area contributed by atoms with Crippen LogP contribution in [0.25, 0.3) is 0 Å². The molecule has 0 N–H and O–H groups in total. The van der Waals surface area contributed by atoms with E-state index in [1.165, 1.54) is 36.4 Å². The minimum Gasteiger partial charge on any atom is -0.349 e. The highest BCUT2D eigenvalue weighted by atomic mass is 19.1. The predicted molar refractivity (Wildman–Crippen MR) is 119 cm³/mol. The lowest BCUT2D eigenvalue weighted by molar-refractivity contribution is -0.127. The number of nitrogens with zero attached hydrogens (tertiary/aromatic N) is 1. The average molecular weight is 455 g/mol. The van der Waals surface area contributed by atoms with Gasteiger partial charge in [0.05, 0.1) is 23.6 Å². The van der Waals surface area contributed by atoms with Crippen LogP contribution in [0.5, 0.6) is 0 Å². The van der Waals surface area contributed by atoms with Crippen LogP contribution < -0.4 is 4.90 Å². The van der Waals surface area contributed by atoms with Gasteiger partial charge in [-0.25, -0.2) is 9.29 Å². The van der Waals surface area contributed by atoms with Crippen molar-refractivity contribution in [2.24, 2.45) is 11.8 Å². The van der Waals surface area contributed by atoms with E-state index in [0.717, 1.165) is 4.90 Å². The number of amides is 2. The zero-order valence-electron chi connectivity index (χ0n) is 18.0. The number of fused-ring (bicyclic) bond motifs is 3. The molecule has 7 heteroatoms. The summed E-state index contributed by atoms with van der Waals surface area (Å²) in [6.45, 7) is 1.77. The molecule has 6 nitrogen and oxygen atoms in total. The van der Waals surface area contributed by atoms with Crippen molar-refractivity contribution in [2.45, 2.75) is 18.6 Å². The molecule has 0 bridgehead atoms. The number of anilines is 1. The maximum Gasteiger partial charge on any atom is 0.241 e. The van der Waals surface area contributed by atoms with Gasteiger partial charge < -0.3 is 4.74 Å². The van der Waals surface area contributed by atoms with Gasteiger partial charge in [-0.1, -0.05) is 54.6 Å². The molecule has 1 spiro atoms. The Labute approximate surface area is 193 Å². The van der Waals surface area contributed by atoms with Gasteiger partial charge in [0.15, 0.2) is 0 Å². The lowest BCUT2D eigenvalue weighted by Gasteiger charge is -2.27. The third kappa shape index (κ3) is 2.47. The van der Waals surface area contributed by atoms with Gasteiger partial charge in [-0.3, -0.25) is 19.2 Å². The molecule has 2 amide bonds. The van der Waals surface area contributed by atoms with Crippen molar-refractivity contribution >= 4 is 29.1 Å². The number of para-hydroxylation sites is 1. The van der Waals surface area contributed by atoms with E-state index in [-0.39, 0.29) is 11.1 Å². The maximum absolute atomic E-state index is 13.8. The van der Waals surface area contributed by atoms with Crippen LogP contribution in [0, 0.1) is 24.6 Å². The first-order chi connectivity index (χ1) is 16.4. The van der Waals surface area contributed by atoms with E-state index in [1.54, 1.807) is 43.3 Å². The first-order valence-electron chi connectivity index (χ1n) is 10.9. The highest BCUT2D eigenvalue weighted by Gasteiger charge is 2.74. The molecule has 0 unspecified atom stereocenters. The Bertz CT molecular complexity index is 1380. The van der Waals surface area contributed by atoms with Gasteiger partial charge in [0.2, 0.25) is 29.0 Å². The average Bonchev–Trinajstić information content (AvgIpc) is 3.40. The number of aryl methyl sites for hydroxylation is 1. The molecule has 0 saturated carbocycles. The summed E-state index contributed by atoms with van der Waals surface area (Å²) in [5.41, 5.74) is -0.295. The lowest BCUT2D eigenvalue weighted by atomic mass is 9.77. The number of carbonyl (C=O) groups is 4. The van der Waals surface area contributed by atoms with Crippen molar-refractivity contribution in [1.82, 2.24) is 0 Å². The number of carbonyl (C=O) groups excluding carboxylic acids is 4. The fraction of sp³-hybridized carbons (Fsp3) is 0.185. The molecule has 3 aliphatic rings. The van der Waals surface area contributed by atoms with Crippen molar-refractivity contribution in [3.05, 3.63) is 101 Å². The maximum atomic E-state index is 13.8. The van der Waals surface area contributed by atoms with E-state index in [0.29, 0.717) is 16.8 Å². The summed E-state index contributed by atoms with van der Waals surface area (Å²) in [6, 6.07) is 18.6. The van der Waals surface area contributed by atoms with E-state index in [2.05, 4.69) is 0 Å². The Kier molecular flexibility index (Phi) is 4.25. The van der Waals surface area contributed by atoms with Crippen LogP contribution in [0.15, 0.2) is 72.8 Å². The van der Waals surface area contributed by atoms with E-state index < -0.39 is 52.7 Å². The number of hydrogen-bond acceptors (Lipinski definition) is 5. The van der Waals surface area contributed by atoms with Crippen LogP contribution in [-0.4, -0.2) is 29.0 Å². The number of ketones is 2. The number of hydrogen-bond donors (Lipinski definition) is 0. The topological polar surface area (TPSA) is 80.8 Å². The molecular formula is C27H18FNO5. The molecule has 2 saturated heterocycles. The largest absolute Gasteiger partial charge is 0.349 e. The number of rotatable bonds is 2. The second-order valence-electron chi connectivity index (χ2n) is 8.83. The third-order valence-electron chi connectivity index (χ3n) is 7.07. The lowest BCUT2D eigenvalue weighted by Crippen LogP contribution is -2.51. The molecule has 34 heavy (non-hydrogen) atoms. The minimum atomic E-state index is -2.14.